The Morgan fingerprint density at radius 3 is 2.35 bits per heavy atom. The second kappa shape index (κ2) is 13.4. The van der Waals surface area contributed by atoms with Crippen LogP contribution in [0.15, 0.2) is 54.3 Å². The van der Waals surface area contributed by atoms with Crippen molar-refractivity contribution in [2.45, 2.75) is 121 Å². The summed E-state index contributed by atoms with van der Waals surface area (Å²) in [6.07, 6.45) is -1.15. The van der Waals surface area contributed by atoms with Gasteiger partial charge in [-0.15, -0.1) is 0 Å². The molecular weight excluding hydrogens is 672 g/mol. The van der Waals surface area contributed by atoms with Gasteiger partial charge in [-0.1, -0.05) is 36.4 Å². The van der Waals surface area contributed by atoms with E-state index >= 15 is 0 Å². The molecule has 280 valence electrons. The summed E-state index contributed by atoms with van der Waals surface area (Å²) in [6, 6.07) is 11.2. The quantitative estimate of drug-likeness (QED) is 0.216. The molecule has 6 rings (SSSR count). The van der Waals surface area contributed by atoms with Gasteiger partial charge in [-0.2, -0.15) is 0 Å². The number of piperidine rings is 1. The summed E-state index contributed by atoms with van der Waals surface area (Å²) in [5.74, 6) is -1.15. The summed E-state index contributed by atoms with van der Waals surface area (Å²) in [5.41, 5.74) is -1.50. The van der Waals surface area contributed by atoms with Crippen LogP contribution in [-0.2, 0) is 46.8 Å². The highest BCUT2D eigenvalue weighted by atomic mass is 16.7. The summed E-state index contributed by atoms with van der Waals surface area (Å²) in [7, 11) is 1.98. The van der Waals surface area contributed by atoms with Crippen LogP contribution in [0.25, 0.3) is 0 Å². The molecule has 2 bridgehead atoms. The van der Waals surface area contributed by atoms with E-state index in [1.54, 1.807) is 65.8 Å². The first-order valence-electron chi connectivity index (χ1n) is 17.6. The first kappa shape index (κ1) is 37.1. The third-order valence-electron chi connectivity index (χ3n) is 10.0. The number of ether oxygens (including phenoxy) is 6. The standard InChI is InChI=1S/C39H48N2O11/c1-22(47-33(43)25(20-23-12-10-9-11-13-23)40-34(44)51-36(2,3)4)32(42)48-27-16-17-39(46)28-21-24-14-15-26(49-35(45)52-37(5,6)7)30-29(24)38(39,31(27)50-30)18-19-41(28)8/h9-16,22,25,28,31,46H,17-21H2,1-8H3,(H,40,44)/t22-,25-,28+,31-,38-,39+/m0/s1. The van der Waals surface area contributed by atoms with E-state index in [1.807, 2.05) is 31.3 Å². The molecule has 1 fully saturated rings. The van der Waals surface area contributed by atoms with E-state index in [4.69, 9.17) is 28.4 Å². The summed E-state index contributed by atoms with van der Waals surface area (Å²) in [4.78, 5) is 54.7. The predicted molar refractivity (Wildman–Crippen MR) is 187 cm³/mol. The Kier molecular flexibility index (Phi) is 9.58. The fourth-order valence-electron chi connectivity index (χ4n) is 7.86. The maximum Gasteiger partial charge on any atom is 0.514 e. The number of hydrogen-bond acceptors (Lipinski definition) is 12. The molecule has 2 heterocycles. The fraction of sp³-hybridized carbons (Fsp3) is 0.538. The lowest BCUT2D eigenvalue weighted by Crippen LogP contribution is -2.74. The van der Waals surface area contributed by atoms with Crippen molar-refractivity contribution in [3.8, 4) is 11.5 Å². The number of amides is 1. The molecule has 0 aromatic heterocycles. The third kappa shape index (κ3) is 6.95. The Bertz CT molecular complexity index is 1780. The summed E-state index contributed by atoms with van der Waals surface area (Å²) < 4.78 is 34.5. The van der Waals surface area contributed by atoms with Gasteiger partial charge in [-0.3, -0.25) is 0 Å². The molecule has 4 aliphatic rings. The van der Waals surface area contributed by atoms with Gasteiger partial charge in [-0.25, -0.2) is 19.2 Å². The molecule has 1 saturated heterocycles. The van der Waals surface area contributed by atoms with Crippen molar-refractivity contribution in [2.24, 2.45) is 0 Å². The van der Waals surface area contributed by atoms with E-state index < -0.39 is 64.7 Å². The Labute approximate surface area is 303 Å². The lowest BCUT2D eigenvalue weighted by atomic mass is 9.50. The van der Waals surface area contributed by atoms with E-state index in [1.165, 1.54) is 6.92 Å². The van der Waals surface area contributed by atoms with Gasteiger partial charge in [0, 0.05) is 24.4 Å². The highest BCUT2D eigenvalue weighted by Crippen LogP contribution is 2.65. The minimum absolute atomic E-state index is 0.0900. The number of carbonyl (C=O) groups excluding carboxylic acids is 4. The van der Waals surface area contributed by atoms with Crippen molar-refractivity contribution in [3.63, 3.8) is 0 Å². The van der Waals surface area contributed by atoms with Gasteiger partial charge in [0.05, 0.1) is 11.0 Å². The number of rotatable bonds is 8. The maximum absolute atomic E-state index is 13.6. The Hall–Kier alpha value is -4.62. The summed E-state index contributed by atoms with van der Waals surface area (Å²) in [5, 5.41) is 15.1. The van der Waals surface area contributed by atoms with Crippen LogP contribution in [0.3, 0.4) is 0 Å². The maximum atomic E-state index is 13.6. The molecule has 1 amide bonds. The number of likely N-dealkylation sites (tertiary alicyclic amines) is 1. The topological polar surface area (TPSA) is 159 Å². The number of nitrogens with one attached hydrogen (secondary N) is 1. The van der Waals surface area contributed by atoms with Crippen LogP contribution in [0.5, 0.6) is 11.5 Å². The highest BCUT2D eigenvalue weighted by molar-refractivity contribution is 5.85. The molecule has 0 saturated carbocycles. The zero-order valence-corrected chi connectivity index (χ0v) is 30.9. The van der Waals surface area contributed by atoms with Gasteiger partial charge in [0.1, 0.15) is 23.0 Å². The van der Waals surface area contributed by atoms with Gasteiger partial charge in [0.15, 0.2) is 23.7 Å². The molecule has 2 N–H and O–H groups in total. The molecule has 6 atom stereocenters. The number of benzene rings is 2. The van der Waals surface area contributed by atoms with E-state index in [-0.39, 0.29) is 36.1 Å². The molecule has 2 aromatic rings. The predicted octanol–water partition coefficient (Wildman–Crippen LogP) is 4.89. The number of likely N-dealkylation sites (N-methyl/N-ethyl adjacent to an activating group) is 1. The average molecular weight is 721 g/mol. The van der Waals surface area contributed by atoms with Crippen LogP contribution in [0.4, 0.5) is 9.59 Å². The van der Waals surface area contributed by atoms with Crippen LogP contribution in [-0.4, -0.2) is 88.9 Å². The summed E-state index contributed by atoms with van der Waals surface area (Å²) in [6.45, 7) is 12.3. The minimum Gasteiger partial charge on any atom is -0.477 e. The van der Waals surface area contributed by atoms with Gasteiger partial charge in [-0.05, 0) is 98.2 Å². The van der Waals surface area contributed by atoms with Gasteiger partial charge >= 0.3 is 24.2 Å². The molecule has 13 heteroatoms. The number of esters is 2. The second-order valence-corrected chi connectivity index (χ2v) is 16.0. The number of carbonyl (C=O) groups is 4. The molecule has 2 aliphatic heterocycles. The number of alkyl carbamates (subject to hydrolysis) is 1. The average Bonchev–Trinajstić information content (AvgIpc) is 3.39. The fourth-order valence-corrected chi connectivity index (χ4v) is 7.86. The van der Waals surface area contributed by atoms with Gasteiger partial charge < -0.3 is 43.7 Å². The van der Waals surface area contributed by atoms with Crippen LogP contribution in [0.2, 0.25) is 0 Å². The van der Waals surface area contributed by atoms with E-state index in [9.17, 15) is 24.3 Å². The van der Waals surface area contributed by atoms with Crippen molar-refractivity contribution in [2.75, 3.05) is 13.6 Å². The lowest BCUT2D eigenvalue weighted by Gasteiger charge is -2.61. The largest absolute Gasteiger partial charge is 0.514 e. The molecule has 0 radical (unpaired) electrons. The number of aliphatic hydroxyl groups is 1. The summed E-state index contributed by atoms with van der Waals surface area (Å²) >= 11 is 0. The molecule has 2 aromatic carbocycles. The van der Waals surface area contributed by atoms with Crippen LogP contribution < -0.4 is 14.8 Å². The van der Waals surface area contributed by atoms with Crippen LogP contribution in [0, 0.1) is 0 Å². The zero-order chi connectivity index (χ0) is 37.8. The lowest BCUT2D eigenvalue weighted by molar-refractivity contribution is -0.176. The van der Waals surface area contributed by atoms with Gasteiger partial charge in [0.25, 0.3) is 0 Å². The minimum atomic E-state index is -1.38. The second-order valence-electron chi connectivity index (χ2n) is 16.0. The normalized spacial score (nSPS) is 25.7. The Morgan fingerprint density at radius 1 is 0.981 bits per heavy atom. The Morgan fingerprint density at radius 2 is 1.67 bits per heavy atom. The molecule has 2 aliphatic carbocycles. The molecular formula is C39H48N2O11. The van der Waals surface area contributed by atoms with Crippen molar-refractivity contribution in [1.82, 2.24) is 10.2 Å². The number of nitrogens with zero attached hydrogens (tertiary/aromatic N) is 1. The van der Waals surface area contributed by atoms with E-state index in [0.717, 1.165) is 16.7 Å². The first-order valence-corrected chi connectivity index (χ1v) is 17.6. The third-order valence-corrected chi connectivity index (χ3v) is 10.0. The molecule has 0 unspecified atom stereocenters. The van der Waals surface area contributed by atoms with Crippen molar-refractivity contribution < 1.29 is 52.7 Å². The SMILES string of the molecule is C[C@H](OC(=O)[C@H](Cc1ccccc1)NC(=O)OC(C)(C)C)C(=O)OC1=CC[C@@]2(O)[C@H]3Cc4ccc(OC(=O)OC(C)(C)C)c5c4[C@@]2(CCN3C)[C@H]1O5. The van der Waals surface area contributed by atoms with Crippen molar-refractivity contribution >= 4 is 24.2 Å². The first-order chi connectivity index (χ1) is 24.3. The zero-order valence-electron chi connectivity index (χ0n) is 30.9. The monoisotopic (exact) mass is 720 g/mol. The van der Waals surface area contributed by atoms with E-state index in [2.05, 4.69) is 10.2 Å². The van der Waals surface area contributed by atoms with Crippen molar-refractivity contribution in [1.29, 1.82) is 0 Å². The molecule has 1 spiro atoms. The molecule has 13 nitrogen and oxygen atoms in total. The van der Waals surface area contributed by atoms with Crippen molar-refractivity contribution in [3.05, 3.63) is 71.0 Å². The number of hydrogen-bond donors (Lipinski definition) is 2. The smallest absolute Gasteiger partial charge is 0.477 e. The van der Waals surface area contributed by atoms with E-state index in [0.29, 0.717) is 19.4 Å². The van der Waals surface area contributed by atoms with Crippen LogP contribution >= 0.6 is 0 Å². The molecule has 52 heavy (non-hydrogen) atoms. The Balaban J connectivity index is 1.24. The highest BCUT2D eigenvalue weighted by Gasteiger charge is 2.72. The van der Waals surface area contributed by atoms with Gasteiger partial charge in [0.2, 0.25) is 0 Å². The van der Waals surface area contributed by atoms with Crippen LogP contribution in [0.1, 0.15) is 78.0 Å².